The molecule has 62 valence electrons. The first-order valence-corrected chi connectivity index (χ1v) is 4.47. The summed E-state index contributed by atoms with van der Waals surface area (Å²) >= 11 is 1.24. The van der Waals surface area contributed by atoms with Gasteiger partial charge in [-0.05, 0) is 17.1 Å². The first kappa shape index (κ1) is 7.90. The molecule has 13 heavy (non-hydrogen) atoms. The minimum absolute atomic E-state index is 0.399. The van der Waals surface area contributed by atoms with Gasteiger partial charge in [0.1, 0.15) is 6.07 Å². The van der Waals surface area contributed by atoms with Crippen molar-refractivity contribution in [3.8, 4) is 16.5 Å². The molecule has 1 aromatic carbocycles. The van der Waals surface area contributed by atoms with Gasteiger partial charge in [0.25, 0.3) is 0 Å². The van der Waals surface area contributed by atoms with Gasteiger partial charge in [0.2, 0.25) is 0 Å². The Labute approximate surface area is 79.4 Å². The zero-order chi connectivity index (χ0) is 9.10. The Morgan fingerprint density at radius 1 is 1.23 bits per heavy atom. The third-order valence-electron chi connectivity index (χ3n) is 1.63. The summed E-state index contributed by atoms with van der Waals surface area (Å²) in [6.45, 7) is 0. The van der Waals surface area contributed by atoms with Crippen molar-refractivity contribution in [1.29, 1.82) is 5.26 Å². The molecule has 0 atom stereocenters. The van der Waals surface area contributed by atoms with Gasteiger partial charge in [-0.25, -0.2) is 0 Å². The van der Waals surface area contributed by atoms with Gasteiger partial charge < -0.3 is 0 Å². The first-order valence-electron chi connectivity index (χ1n) is 3.69. The molecule has 0 saturated carbocycles. The molecule has 0 aliphatic carbocycles. The highest BCUT2D eigenvalue weighted by Crippen LogP contribution is 2.24. The summed E-state index contributed by atoms with van der Waals surface area (Å²) in [6.07, 6.45) is 0. The second-order valence-corrected chi connectivity index (χ2v) is 3.18. The van der Waals surface area contributed by atoms with E-state index in [4.69, 9.17) is 5.26 Å². The summed E-state index contributed by atoms with van der Waals surface area (Å²) in [6, 6.07) is 11.7. The average molecular weight is 187 g/mol. The lowest BCUT2D eigenvalue weighted by Gasteiger charge is -1.93. The van der Waals surface area contributed by atoms with Crippen LogP contribution in [0.5, 0.6) is 0 Å². The van der Waals surface area contributed by atoms with Gasteiger partial charge >= 0.3 is 0 Å². The predicted molar refractivity (Wildman–Crippen MR) is 50.1 cm³/mol. The van der Waals surface area contributed by atoms with E-state index in [9.17, 15) is 0 Å². The van der Waals surface area contributed by atoms with Crippen LogP contribution in [0.4, 0.5) is 0 Å². The number of hydrogen-bond donors (Lipinski definition) is 0. The fourth-order valence-corrected chi connectivity index (χ4v) is 1.66. The molecule has 1 aromatic heterocycles. The molecule has 2 aromatic rings. The summed E-state index contributed by atoms with van der Waals surface area (Å²) < 4.78 is 3.74. The van der Waals surface area contributed by atoms with E-state index < -0.39 is 0 Å². The van der Waals surface area contributed by atoms with Gasteiger partial charge in [0.05, 0.1) is 4.88 Å². The van der Waals surface area contributed by atoms with Crippen molar-refractivity contribution in [3.05, 3.63) is 36.0 Å². The molecule has 1 heterocycles. The molecule has 0 aliphatic heterocycles. The van der Waals surface area contributed by atoms with Gasteiger partial charge in [0.15, 0.2) is 5.69 Å². The molecule has 4 heteroatoms. The third-order valence-corrected chi connectivity index (χ3v) is 2.40. The highest BCUT2D eigenvalue weighted by Gasteiger charge is 2.07. The van der Waals surface area contributed by atoms with Crippen molar-refractivity contribution in [2.45, 2.75) is 0 Å². The lowest BCUT2D eigenvalue weighted by Crippen LogP contribution is -1.78. The van der Waals surface area contributed by atoms with Gasteiger partial charge in [-0.2, -0.15) is 5.26 Å². The van der Waals surface area contributed by atoms with Crippen LogP contribution in [-0.2, 0) is 0 Å². The molecule has 0 spiro atoms. The van der Waals surface area contributed by atoms with Crippen molar-refractivity contribution in [1.82, 2.24) is 9.59 Å². The van der Waals surface area contributed by atoms with E-state index in [1.54, 1.807) is 0 Å². The number of hydrogen-bond acceptors (Lipinski definition) is 4. The largest absolute Gasteiger partial charge is 0.191 e. The van der Waals surface area contributed by atoms with Crippen molar-refractivity contribution in [2.24, 2.45) is 0 Å². The molecular weight excluding hydrogens is 182 g/mol. The molecule has 0 saturated heterocycles. The summed E-state index contributed by atoms with van der Waals surface area (Å²) in [5, 5.41) is 12.4. The Kier molecular flexibility index (Phi) is 2.02. The van der Waals surface area contributed by atoms with Crippen molar-refractivity contribution in [2.75, 3.05) is 0 Å². The van der Waals surface area contributed by atoms with Crippen LogP contribution in [0.2, 0.25) is 0 Å². The van der Waals surface area contributed by atoms with E-state index in [1.165, 1.54) is 11.5 Å². The van der Waals surface area contributed by atoms with Crippen LogP contribution < -0.4 is 0 Å². The highest BCUT2D eigenvalue weighted by atomic mass is 32.1. The van der Waals surface area contributed by atoms with Crippen LogP contribution in [0, 0.1) is 11.3 Å². The van der Waals surface area contributed by atoms with Crippen LogP contribution in [0.3, 0.4) is 0 Å². The molecule has 0 aliphatic rings. The van der Waals surface area contributed by atoms with Crippen molar-refractivity contribution in [3.63, 3.8) is 0 Å². The molecule has 0 bridgehead atoms. The van der Waals surface area contributed by atoms with Crippen LogP contribution in [0.25, 0.3) is 10.4 Å². The maximum absolute atomic E-state index is 8.72. The molecule has 2 rings (SSSR count). The Morgan fingerprint density at radius 3 is 2.69 bits per heavy atom. The fourth-order valence-electron chi connectivity index (χ4n) is 1.04. The molecule has 0 unspecified atom stereocenters. The quantitative estimate of drug-likeness (QED) is 0.686. The van der Waals surface area contributed by atoms with E-state index in [0.717, 1.165) is 10.4 Å². The Hall–Kier alpha value is -1.73. The van der Waals surface area contributed by atoms with Crippen LogP contribution in [0.1, 0.15) is 5.69 Å². The monoisotopic (exact) mass is 187 g/mol. The van der Waals surface area contributed by atoms with Gasteiger partial charge in [0, 0.05) is 0 Å². The second kappa shape index (κ2) is 3.33. The maximum atomic E-state index is 8.72. The lowest BCUT2D eigenvalue weighted by molar-refractivity contribution is 1.13. The zero-order valence-electron chi connectivity index (χ0n) is 6.64. The topological polar surface area (TPSA) is 49.6 Å². The van der Waals surface area contributed by atoms with Gasteiger partial charge in [-0.15, -0.1) is 5.10 Å². The number of nitrogens with zero attached hydrogens (tertiary/aromatic N) is 3. The first-order chi connectivity index (χ1) is 6.42. The van der Waals surface area contributed by atoms with E-state index >= 15 is 0 Å². The Balaban J connectivity index is 2.54. The minimum Gasteiger partial charge on any atom is -0.191 e. The normalized spacial score (nSPS) is 9.46. The number of benzene rings is 1. The average Bonchev–Trinajstić information content (AvgIpc) is 2.67. The van der Waals surface area contributed by atoms with E-state index in [-0.39, 0.29) is 0 Å². The van der Waals surface area contributed by atoms with Crippen LogP contribution >= 0.6 is 11.5 Å². The van der Waals surface area contributed by atoms with Crippen molar-refractivity contribution >= 4 is 11.5 Å². The van der Waals surface area contributed by atoms with Gasteiger partial charge in [-0.3, -0.25) is 0 Å². The predicted octanol–water partition coefficient (Wildman–Crippen LogP) is 2.08. The molecule has 3 nitrogen and oxygen atoms in total. The number of aromatic nitrogens is 2. The number of nitriles is 1. The summed E-state index contributed by atoms with van der Waals surface area (Å²) in [5.74, 6) is 0. The summed E-state index contributed by atoms with van der Waals surface area (Å²) in [5.41, 5.74) is 1.39. The molecular formula is C9H5N3S. The van der Waals surface area contributed by atoms with E-state index in [1.807, 2.05) is 36.4 Å². The standard InChI is InChI=1S/C9H5N3S/c10-6-8-9(13-12-11-8)7-4-2-1-3-5-7/h1-5H. The van der Waals surface area contributed by atoms with Crippen LogP contribution in [-0.4, -0.2) is 9.59 Å². The molecule has 0 amide bonds. The minimum atomic E-state index is 0.399. The van der Waals surface area contributed by atoms with Crippen LogP contribution in [0.15, 0.2) is 30.3 Å². The molecule has 0 N–H and O–H groups in total. The maximum Gasteiger partial charge on any atom is 0.183 e. The highest BCUT2D eigenvalue weighted by molar-refractivity contribution is 7.09. The zero-order valence-corrected chi connectivity index (χ0v) is 7.45. The third kappa shape index (κ3) is 1.42. The SMILES string of the molecule is N#Cc1nnsc1-c1ccccc1. The number of rotatable bonds is 1. The smallest absolute Gasteiger partial charge is 0.183 e. The van der Waals surface area contributed by atoms with E-state index in [2.05, 4.69) is 9.59 Å². The van der Waals surface area contributed by atoms with Crippen molar-refractivity contribution < 1.29 is 0 Å². The summed E-state index contributed by atoms with van der Waals surface area (Å²) in [4.78, 5) is 0.836. The fraction of sp³-hybridized carbons (Fsp3) is 0. The lowest BCUT2D eigenvalue weighted by atomic mass is 10.2. The molecule has 0 fully saturated rings. The Bertz CT molecular complexity index is 441. The second-order valence-electron chi connectivity index (χ2n) is 2.43. The Morgan fingerprint density at radius 2 is 2.00 bits per heavy atom. The molecule has 0 radical (unpaired) electrons. The van der Waals surface area contributed by atoms with Gasteiger partial charge in [-0.1, -0.05) is 34.8 Å². The van der Waals surface area contributed by atoms with E-state index in [0.29, 0.717) is 5.69 Å². The summed E-state index contributed by atoms with van der Waals surface area (Å²) in [7, 11) is 0.